The number of quaternary nitrogens is 1. The highest BCUT2D eigenvalue weighted by atomic mass is 31.2. The molecule has 0 spiro atoms. The molecule has 0 saturated carbocycles. The van der Waals surface area contributed by atoms with Crippen LogP contribution in [0, 0.1) is 0 Å². The number of nitrogens with one attached hydrogen (secondary N) is 1. The number of carbonyl (C=O) groups excluding carboxylic acids is 2. The van der Waals surface area contributed by atoms with E-state index in [2.05, 4.69) is 5.32 Å². The van der Waals surface area contributed by atoms with Gasteiger partial charge in [0.1, 0.15) is 6.54 Å². The molecule has 0 aliphatic heterocycles. The first-order valence-corrected chi connectivity index (χ1v) is 7.55. The molecule has 0 atom stereocenters. The molecule has 0 bridgehead atoms. The van der Waals surface area contributed by atoms with Gasteiger partial charge in [-0.05, 0) is 19.4 Å². The summed E-state index contributed by atoms with van der Waals surface area (Å²) in [5.41, 5.74) is 3.94. The summed E-state index contributed by atoms with van der Waals surface area (Å²) >= 11 is 0. The molecule has 0 aromatic heterocycles. The van der Waals surface area contributed by atoms with Gasteiger partial charge in [0.2, 0.25) is 0 Å². The van der Waals surface area contributed by atoms with Crippen molar-refractivity contribution in [2.24, 2.45) is 5.73 Å². The Morgan fingerprint density at radius 1 is 1.25 bits per heavy atom. The fourth-order valence-corrected chi connectivity index (χ4v) is 1.27. The lowest BCUT2D eigenvalue weighted by atomic mass is 10.3. The molecule has 0 saturated heterocycles. The van der Waals surface area contributed by atoms with Crippen molar-refractivity contribution in [2.45, 2.75) is 12.8 Å². The van der Waals surface area contributed by atoms with Crippen LogP contribution in [0.25, 0.3) is 0 Å². The number of likely N-dealkylation sites (N-methyl/N-ethyl adjacent to an activating group) is 1. The second kappa shape index (κ2) is 9.84. The molecule has 0 aromatic carbocycles. The Kier molecular flexibility index (Phi) is 10.5. The molecule has 0 radical (unpaired) electrons. The Bertz CT molecular complexity index is 349. The summed E-state index contributed by atoms with van der Waals surface area (Å²) in [6.45, 7) is 0.826. The van der Waals surface area contributed by atoms with Crippen LogP contribution >= 0.6 is 7.60 Å². The summed E-state index contributed by atoms with van der Waals surface area (Å²) in [5, 5.41) is 12.0. The number of hydrogen-bond acceptors (Lipinski definition) is 5. The third kappa shape index (κ3) is 17.0. The van der Waals surface area contributed by atoms with Gasteiger partial charge in [-0.3, -0.25) is 4.79 Å². The summed E-state index contributed by atoms with van der Waals surface area (Å²) in [5.74, 6) is -1.00. The summed E-state index contributed by atoms with van der Waals surface area (Å²) in [6, 6.07) is 0. The van der Waals surface area contributed by atoms with Crippen LogP contribution < -0.4 is 16.2 Å². The third-order valence-corrected chi connectivity index (χ3v) is 2.46. The lowest BCUT2D eigenvalue weighted by molar-refractivity contribution is -0.864. The maximum atomic E-state index is 10.5. The molecule has 9 nitrogen and oxygen atoms in total. The van der Waals surface area contributed by atoms with Crippen LogP contribution in [0.2, 0.25) is 0 Å². The predicted octanol–water partition coefficient (Wildman–Crippen LogP) is -1.94. The minimum Gasteiger partial charge on any atom is -0.544 e. The van der Waals surface area contributed by atoms with Gasteiger partial charge in [-0.25, -0.2) is 4.57 Å². The molecule has 10 heteroatoms. The van der Waals surface area contributed by atoms with Gasteiger partial charge in [0.05, 0.1) is 27.1 Å². The molecule has 20 heavy (non-hydrogen) atoms. The number of carboxylic acids is 1. The van der Waals surface area contributed by atoms with E-state index in [1.807, 2.05) is 0 Å². The van der Waals surface area contributed by atoms with Gasteiger partial charge in [0.15, 0.2) is 0 Å². The van der Waals surface area contributed by atoms with Crippen molar-refractivity contribution in [3.05, 3.63) is 0 Å². The number of nitrogens with zero attached hydrogens (tertiary/aromatic N) is 1. The second-order valence-electron chi connectivity index (χ2n) is 5.09. The van der Waals surface area contributed by atoms with E-state index in [4.69, 9.17) is 15.5 Å². The van der Waals surface area contributed by atoms with E-state index < -0.39 is 19.2 Å². The van der Waals surface area contributed by atoms with Crippen LogP contribution in [-0.2, 0) is 9.36 Å². The van der Waals surface area contributed by atoms with Gasteiger partial charge < -0.3 is 35.2 Å². The zero-order valence-corrected chi connectivity index (χ0v) is 12.9. The van der Waals surface area contributed by atoms with Crippen LogP contribution in [-0.4, -0.2) is 66.7 Å². The Hall–Kier alpha value is -0.990. The van der Waals surface area contributed by atoms with Gasteiger partial charge in [-0.15, -0.1) is 0 Å². The maximum absolute atomic E-state index is 10.5. The van der Waals surface area contributed by atoms with Crippen LogP contribution in [0.5, 0.6) is 0 Å². The number of nitrogens with two attached hydrogens (primary N) is 1. The van der Waals surface area contributed by atoms with E-state index in [0.717, 1.165) is 6.42 Å². The number of amides is 1. The lowest BCUT2D eigenvalue weighted by Crippen LogP contribution is -2.45. The Morgan fingerprint density at radius 2 is 1.75 bits per heavy atom. The summed E-state index contributed by atoms with van der Waals surface area (Å²) in [6.07, 6.45) is 1.35. The van der Waals surface area contributed by atoms with Crippen molar-refractivity contribution in [1.82, 2.24) is 5.32 Å². The van der Waals surface area contributed by atoms with Crippen molar-refractivity contribution < 1.29 is 33.5 Å². The Labute approximate surface area is 118 Å². The standard InChI is InChI=1S/C5H13N2O4P.C5H11NO2/c6-3-1-2-4-7-5(8)12(9,10)11;1-6(2,3)4-5(7)8/h1-4,6H2,(H,7,8)(H2,9,10,11);4H2,1-3H3. The average Bonchev–Trinajstić information content (AvgIpc) is 2.20. The van der Waals surface area contributed by atoms with Crippen LogP contribution in [0.1, 0.15) is 12.8 Å². The molecule has 0 heterocycles. The van der Waals surface area contributed by atoms with Crippen molar-refractivity contribution in [2.75, 3.05) is 40.8 Å². The second-order valence-corrected chi connectivity index (χ2v) is 6.59. The largest absolute Gasteiger partial charge is 0.544 e. The van der Waals surface area contributed by atoms with Crippen LogP contribution in [0.3, 0.4) is 0 Å². The number of hydrogen-bond donors (Lipinski definition) is 4. The van der Waals surface area contributed by atoms with E-state index in [0.29, 0.717) is 17.4 Å². The molecule has 120 valence electrons. The zero-order chi connectivity index (χ0) is 16.4. The molecule has 0 rings (SSSR count). The molecule has 0 unspecified atom stereocenters. The van der Waals surface area contributed by atoms with E-state index in [9.17, 15) is 19.3 Å². The molecule has 5 N–H and O–H groups in total. The zero-order valence-electron chi connectivity index (χ0n) is 12.0. The van der Waals surface area contributed by atoms with E-state index in [1.54, 1.807) is 21.1 Å². The molecule has 0 aliphatic rings. The third-order valence-electron chi connectivity index (χ3n) is 1.78. The molecular formula is C10H24N3O6P. The van der Waals surface area contributed by atoms with E-state index in [-0.39, 0.29) is 13.1 Å². The smallest absolute Gasteiger partial charge is 0.413 e. The van der Waals surface area contributed by atoms with Crippen molar-refractivity contribution in [3.63, 3.8) is 0 Å². The van der Waals surface area contributed by atoms with Gasteiger partial charge in [-0.2, -0.15) is 0 Å². The normalized spacial score (nSPS) is 11.3. The Morgan fingerprint density at radius 3 is 2.00 bits per heavy atom. The number of rotatable bonds is 7. The first-order valence-electron chi connectivity index (χ1n) is 5.94. The summed E-state index contributed by atoms with van der Waals surface area (Å²) in [4.78, 5) is 37.0. The van der Waals surface area contributed by atoms with Gasteiger partial charge in [0.25, 0.3) is 0 Å². The highest BCUT2D eigenvalue weighted by Crippen LogP contribution is 2.34. The first-order chi connectivity index (χ1) is 8.90. The first kappa shape index (κ1) is 21.3. The van der Waals surface area contributed by atoms with E-state index in [1.165, 1.54) is 0 Å². The number of carbonyl (C=O) groups is 2. The predicted molar refractivity (Wildman–Crippen MR) is 71.6 cm³/mol. The number of aliphatic carboxylic acids is 1. The number of unbranched alkanes of at least 4 members (excludes halogenated alkanes) is 1. The highest BCUT2D eigenvalue weighted by molar-refractivity contribution is 7.69. The molecule has 0 fully saturated rings. The molecule has 0 aliphatic carbocycles. The van der Waals surface area contributed by atoms with Gasteiger partial charge in [-0.1, -0.05) is 0 Å². The SMILES string of the molecule is C[N+](C)(C)CC(=O)[O-].NCCCCNC(=O)P(=O)(O)O. The molecular weight excluding hydrogens is 289 g/mol. The minimum absolute atomic E-state index is 0.0694. The van der Waals surface area contributed by atoms with Crippen molar-refractivity contribution in [3.8, 4) is 0 Å². The topological polar surface area (TPSA) is 153 Å². The highest BCUT2D eigenvalue weighted by Gasteiger charge is 2.24. The summed E-state index contributed by atoms with van der Waals surface area (Å²) in [7, 11) is 0.818. The van der Waals surface area contributed by atoms with Gasteiger partial charge >= 0.3 is 13.2 Å². The van der Waals surface area contributed by atoms with Crippen molar-refractivity contribution >= 4 is 19.2 Å². The fourth-order valence-electron chi connectivity index (χ4n) is 0.955. The molecule has 1 amide bonds. The molecule has 0 aromatic rings. The van der Waals surface area contributed by atoms with E-state index >= 15 is 0 Å². The van der Waals surface area contributed by atoms with Crippen LogP contribution in [0.4, 0.5) is 4.79 Å². The fraction of sp³-hybridized carbons (Fsp3) is 0.800. The monoisotopic (exact) mass is 313 g/mol. The van der Waals surface area contributed by atoms with Crippen LogP contribution in [0.15, 0.2) is 0 Å². The maximum Gasteiger partial charge on any atom is 0.413 e. The minimum atomic E-state index is -4.59. The van der Waals surface area contributed by atoms with Crippen molar-refractivity contribution in [1.29, 1.82) is 0 Å². The van der Waals surface area contributed by atoms with Gasteiger partial charge in [0, 0.05) is 6.54 Å². The quantitative estimate of drug-likeness (QED) is 0.242. The Balaban J connectivity index is 0. The average molecular weight is 313 g/mol. The lowest BCUT2D eigenvalue weighted by Gasteiger charge is -2.23. The summed E-state index contributed by atoms with van der Waals surface area (Å²) < 4.78 is 10.7. The number of carboxylic acid groups (broad SMARTS) is 1.